The van der Waals surface area contributed by atoms with Crippen molar-refractivity contribution < 1.29 is 9.18 Å². The van der Waals surface area contributed by atoms with Gasteiger partial charge >= 0.3 is 0 Å². The summed E-state index contributed by atoms with van der Waals surface area (Å²) >= 11 is 3.07. The van der Waals surface area contributed by atoms with Crippen LogP contribution in [0.4, 0.5) is 4.39 Å². The van der Waals surface area contributed by atoms with Crippen LogP contribution in [0.2, 0.25) is 0 Å². The second-order valence-corrected chi connectivity index (χ2v) is 4.60. The Kier molecular flexibility index (Phi) is 4.45. The third kappa shape index (κ3) is 3.13. The van der Waals surface area contributed by atoms with Crippen LogP contribution in [0.1, 0.15) is 37.0 Å². The molecular weight excluding hydrogens is 259 g/mol. The monoisotopic (exact) mass is 272 g/mol. The molecule has 0 amide bonds. The van der Waals surface area contributed by atoms with Crippen molar-refractivity contribution in [2.45, 2.75) is 26.7 Å². The molecule has 0 bridgehead atoms. The van der Waals surface area contributed by atoms with Crippen LogP contribution in [0, 0.1) is 11.7 Å². The first-order chi connectivity index (χ1) is 7.06. The van der Waals surface area contributed by atoms with E-state index in [-0.39, 0.29) is 11.3 Å². The lowest BCUT2D eigenvalue weighted by molar-refractivity contribution is 0.0959. The van der Waals surface area contributed by atoms with Gasteiger partial charge in [0, 0.05) is 6.42 Å². The molecule has 3 heteroatoms. The number of hydrogen-bond donors (Lipinski definition) is 0. The molecule has 1 nitrogen and oxygen atoms in total. The molecule has 0 saturated carbocycles. The third-order valence-corrected chi connectivity index (χ3v) is 3.10. The lowest BCUT2D eigenvalue weighted by Crippen LogP contribution is -2.07. The maximum atomic E-state index is 13.5. The van der Waals surface area contributed by atoms with Crippen molar-refractivity contribution in [3.05, 3.63) is 34.1 Å². The van der Waals surface area contributed by atoms with E-state index in [1.807, 2.05) is 13.8 Å². The number of ketones is 1. The fraction of sp³-hybridized carbons (Fsp3) is 0.417. The SMILES string of the molecule is CCC(C)CC(=O)c1cccc(Br)c1F. The molecule has 82 valence electrons. The fourth-order valence-corrected chi connectivity index (χ4v) is 1.66. The lowest BCUT2D eigenvalue weighted by atomic mass is 9.98. The summed E-state index contributed by atoms with van der Waals surface area (Å²) in [5.74, 6) is -0.273. The Balaban J connectivity index is 2.87. The molecule has 0 fully saturated rings. The van der Waals surface area contributed by atoms with Crippen molar-refractivity contribution in [3.63, 3.8) is 0 Å². The molecule has 0 aliphatic rings. The Morgan fingerprint density at radius 3 is 2.80 bits per heavy atom. The van der Waals surface area contributed by atoms with Crippen LogP contribution in [0.3, 0.4) is 0 Å². The topological polar surface area (TPSA) is 17.1 Å². The lowest BCUT2D eigenvalue weighted by Gasteiger charge is -2.08. The second kappa shape index (κ2) is 5.40. The fourth-order valence-electron chi connectivity index (χ4n) is 1.29. The number of carbonyl (C=O) groups is 1. The Bertz CT molecular complexity index is 363. The standard InChI is InChI=1S/C12H14BrFO/c1-3-8(2)7-11(15)9-5-4-6-10(13)12(9)14/h4-6,8H,3,7H2,1-2H3. The van der Waals surface area contributed by atoms with Crippen molar-refractivity contribution in [1.82, 2.24) is 0 Å². The average Bonchev–Trinajstić information content (AvgIpc) is 2.21. The minimum atomic E-state index is -0.453. The smallest absolute Gasteiger partial charge is 0.166 e. The number of Topliss-reactive ketones (excluding diaryl/α,β-unsaturated/α-hetero) is 1. The van der Waals surface area contributed by atoms with Gasteiger partial charge in [-0.25, -0.2) is 4.39 Å². The van der Waals surface area contributed by atoms with Crippen LogP contribution < -0.4 is 0 Å². The van der Waals surface area contributed by atoms with Gasteiger partial charge in [-0.2, -0.15) is 0 Å². The minimum Gasteiger partial charge on any atom is -0.294 e. The highest BCUT2D eigenvalue weighted by molar-refractivity contribution is 9.10. The van der Waals surface area contributed by atoms with E-state index in [4.69, 9.17) is 0 Å². The van der Waals surface area contributed by atoms with E-state index in [9.17, 15) is 9.18 Å². The predicted octanol–water partition coefficient (Wildman–Crippen LogP) is 4.21. The zero-order valence-electron chi connectivity index (χ0n) is 8.89. The van der Waals surface area contributed by atoms with Crippen molar-refractivity contribution in [1.29, 1.82) is 0 Å². The van der Waals surface area contributed by atoms with Gasteiger partial charge in [0.1, 0.15) is 5.82 Å². The summed E-state index contributed by atoms with van der Waals surface area (Å²) < 4.78 is 13.9. The summed E-state index contributed by atoms with van der Waals surface area (Å²) in [6, 6.07) is 4.80. The van der Waals surface area contributed by atoms with Gasteiger partial charge in [0.15, 0.2) is 5.78 Å². The predicted molar refractivity (Wildman–Crippen MR) is 62.5 cm³/mol. The molecular formula is C12H14BrFO. The van der Waals surface area contributed by atoms with Gasteiger partial charge in [-0.3, -0.25) is 4.79 Å². The van der Waals surface area contributed by atoms with Crippen LogP contribution in [-0.4, -0.2) is 5.78 Å². The van der Waals surface area contributed by atoms with E-state index in [0.29, 0.717) is 16.8 Å². The number of halogens is 2. The zero-order valence-corrected chi connectivity index (χ0v) is 10.5. The molecule has 0 aliphatic heterocycles. The highest BCUT2D eigenvalue weighted by Gasteiger charge is 2.15. The van der Waals surface area contributed by atoms with Gasteiger partial charge in [-0.15, -0.1) is 0 Å². The maximum absolute atomic E-state index is 13.5. The summed E-state index contributed by atoms with van der Waals surface area (Å²) in [5.41, 5.74) is 0.185. The molecule has 0 N–H and O–H groups in total. The third-order valence-electron chi connectivity index (χ3n) is 2.48. The van der Waals surface area contributed by atoms with Crippen molar-refractivity contribution in [3.8, 4) is 0 Å². The summed E-state index contributed by atoms with van der Waals surface area (Å²) in [6.07, 6.45) is 1.34. The van der Waals surface area contributed by atoms with E-state index in [2.05, 4.69) is 15.9 Å². The molecule has 0 aliphatic carbocycles. The number of rotatable bonds is 4. The normalized spacial score (nSPS) is 12.5. The Hall–Kier alpha value is -0.700. The average molecular weight is 273 g/mol. The molecule has 1 aromatic rings. The van der Waals surface area contributed by atoms with E-state index in [1.54, 1.807) is 12.1 Å². The first-order valence-corrected chi connectivity index (χ1v) is 5.82. The molecule has 1 aromatic carbocycles. The molecule has 0 saturated heterocycles. The second-order valence-electron chi connectivity index (χ2n) is 3.74. The van der Waals surface area contributed by atoms with Crippen LogP contribution in [0.5, 0.6) is 0 Å². The van der Waals surface area contributed by atoms with Gasteiger partial charge in [0.05, 0.1) is 10.0 Å². The Morgan fingerprint density at radius 1 is 1.53 bits per heavy atom. The van der Waals surface area contributed by atoms with Crippen LogP contribution >= 0.6 is 15.9 Å². The van der Waals surface area contributed by atoms with Crippen molar-refractivity contribution >= 4 is 21.7 Å². The Morgan fingerprint density at radius 2 is 2.20 bits per heavy atom. The minimum absolute atomic E-state index is 0.122. The molecule has 0 heterocycles. The van der Waals surface area contributed by atoms with Crippen LogP contribution in [0.25, 0.3) is 0 Å². The molecule has 15 heavy (non-hydrogen) atoms. The first-order valence-electron chi connectivity index (χ1n) is 5.03. The van der Waals surface area contributed by atoms with Crippen LogP contribution in [0.15, 0.2) is 22.7 Å². The van der Waals surface area contributed by atoms with Gasteiger partial charge in [0.2, 0.25) is 0 Å². The van der Waals surface area contributed by atoms with Gasteiger partial charge < -0.3 is 0 Å². The zero-order chi connectivity index (χ0) is 11.4. The van der Waals surface area contributed by atoms with Gasteiger partial charge in [-0.05, 0) is 34.0 Å². The largest absolute Gasteiger partial charge is 0.294 e. The quantitative estimate of drug-likeness (QED) is 0.751. The number of benzene rings is 1. The van der Waals surface area contributed by atoms with Crippen molar-refractivity contribution in [2.75, 3.05) is 0 Å². The van der Waals surface area contributed by atoms with Gasteiger partial charge in [-0.1, -0.05) is 26.3 Å². The van der Waals surface area contributed by atoms with Gasteiger partial charge in [0.25, 0.3) is 0 Å². The molecule has 1 rings (SSSR count). The molecule has 0 spiro atoms. The summed E-state index contributed by atoms with van der Waals surface area (Å²) in [6.45, 7) is 4.02. The van der Waals surface area contributed by atoms with Crippen molar-refractivity contribution in [2.24, 2.45) is 5.92 Å². The highest BCUT2D eigenvalue weighted by Crippen LogP contribution is 2.21. The molecule has 0 aromatic heterocycles. The van der Waals surface area contributed by atoms with Crippen LogP contribution in [-0.2, 0) is 0 Å². The van der Waals surface area contributed by atoms with E-state index in [0.717, 1.165) is 6.42 Å². The maximum Gasteiger partial charge on any atom is 0.166 e. The summed E-state index contributed by atoms with van der Waals surface area (Å²) in [4.78, 5) is 11.7. The first kappa shape index (κ1) is 12.4. The van der Waals surface area contributed by atoms with E-state index < -0.39 is 5.82 Å². The highest BCUT2D eigenvalue weighted by atomic mass is 79.9. The summed E-state index contributed by atoms with van der Waals surface area (Å²) in [7, 11) is 0. The summed E-state index contributed by atoms with van der Waals surface area (Å²) in [5, 5.41) is 0. The van der Waals surface area contributed by atoms with E-state index in [1.165, 1.54) is 6.07 Å². The molecule has 1 atom stereocenters. The molecule has 0 radical (unpaired) electrons. The molecule has 1 unspecified atom stereocenters. The number of hydrogen-bond acceptors (Lipinski definition) is 1. The van der Waals surface area contributed by atoms with E-state index >= 15 is 0 Å². The Labute approximate surface area is 97.8 Å². The number of carbonyl (C=O) groups excluding carboxylic acids is 1.